The third-order valence-corrected chi connectivity index (χ3v) is 2.78. The van der Waals surface area contributed by atoms with Crippen molar-refractivity contribution in [1.29, 1.82) is 0 Å². The molecule has 0 saturated carbocycles. The molecule has 0 fully saturated rings. The van der Waals surface area contributed by atoms with Gasteiger partial charge in [-0.25, -0.2) is 0 Å². The maximum atomic E-state index is 5.32. The molecule has 3 aromatic heterocycles. The molecule has 3 heterocycles. The van der Waals surface area contributed by atoms with Crippen molar-refractivity contribution in [3.05, 3.63) is 61.1 Å². The highest BCUT2D eigenvalue weighted by Gasteiger charge is 2.14. The van der Waals surface area contributed by atoms with Crippen LogP contribution < -0.4 is 0 Å². The van der Waals surface area contributed by atoms with Gasteiger partial charge in [0, 0.05) is 18.8 Å². The summed E-state index contributed by atoms with van der Waals surface area (Å²) in [6, 6.07) is 9.30. The van der Waals surface area contributed by atoms with E-state index in [4.69, 9.17) is 4.52 Å². The maximum absolute atomic E-state index is 5.32. The van der Waals surface area contributed by atoms with Crippen LogP contribution >= 0.6 is 0 Å². The van der Waals surface area contributed by atoms with E-state index in [1.165, 1.54) is 0 Å². The quantitative estimate of drug-likeness (QED) is 0.678. The zero-order chi connectivity index (χ0) is 13.8. The standard InChI is InChI=1S/C15H12N4O/c1-2-6-12-11(7-5-10-16-12)15-18-14(19-20-15)13-8-3-4-9-17-13/h2-5,7-10H,1,6H2. The van der Waals surface area contributed by atoms with E-state index >= 15 is 0 Å². The minimum Gasteiger partial charge on any atom is -0.333 e. The van der Waals surface area contributed by atoms with Crippen LogP contribution in [-0.2, 0) is 6.42 Å². The van der Waals surface area contributed by atoms with Crippen LogP contribution in [0.25, 0.3) is 23.0 Å². The van der Waals surface area contributed by atoms with Crippen LogP contribution in [0.3, 0.4) is 0 Å². The largest absolute Gasteiger partial charge is 0.333 e. The minimum atomic E-state index is 0.440. The monoisotopic (exact) mass is 264 g/mol. The summed E-state index contributed by atoms with van der Waals surface area (Å²) in [6.45, 7) is 3.73. The van der Waals surface area contributed by atoms with Gasteiger partial charge in [0.15, 0.2) is 0 Å². The number of hydrogen-bond acceptors (Lipinski definition) is 5. The molecule has 98 valence electrons. The first-order valence-electron chi connectivity index (χ1n) is 6.19. The van der Waals surface area contributed by atoms with Gasteiger partial charge < -0.3 is 4.52 Å². The lowest BCUT2D eigenvalue weighted by molar-refractivity contribution is 0.431. The molecule has 3 rings (SSSR count). The highest BCUT2D eigenvalue weighted by Crippen LogP contribution is 2.23. The first kappa shape index (κ1) is 12.2. The summed E-state index contributed by atoms with van der Waals surface area (Å²) >= 11 is 0. The van der Waals surface area contributed by atoms with Crippen LogP contribution in [0.5, 0.6) is 0 Å². The Morgan fingerprint density at radius 1 is 1.10 bits per heavy atom. The lowest BCUT2D eigenvalue weighted by atomic mass is 10.1. The predicted octanol–water partition coefficient (Wildman–Crippen LogP) is 2.92. The van der Waals surface area contributed by atoms with Crippen LogP contribution in [0.1, 0.15) is 5.69 Å². The molecule has 0 radical (unpaired) electrons. The van der Waals surface area contributed by atoms with E-state index in [1.54, 1.807) is 18.5 Å². The molecule has 3 aromatic rings. The Bertz CT molecular complexity index is 722. The van der Waals surface area contributed by atoms with Crippen molar-refractivity contribution in [2.75, 3.05) is 0 Å². The van der Waals surface area contributed by atoms with Crippen LogP contribution in [0.2, 0.25) is 0 Å². The first-order valence-corrected chi connectivity index (χ1v) is 6.19. The first-order chi connectivity index (χ1) is 9.88. The number of nitrogens with zero attached hydrogens (tertiary/aromatic N) is 4. The number of hydrogen-bond donors (Lipinski definition) is 0. The van der Waals surface area contributed by atoms with Gasteiger partial charge in [0.2, 0.25) is 5.82 Å². The molecular weight excluding hydrogens is 252 g/mol. The molecule has 0 atom stereocenters. The third kappa shape index (κ3) is 2.33. The minimum absolute atomic E-state index is 0.440. The Morgan fingerprint density at radius 2 is 2.00 bits per heavy atom. The fourth-order valence-corrected chi connectivity index (χ4v) is 1.86. The molecule has 5 heteroatoms. The summed E-state index contributed by atoms with van der Waals surface area (Å²) in [6.07, 6.45) is 5.87. The highest BCUT2D eigenvalue weighted by atomic mass is 16.5. The fraction of sp³-hybridized carbons (Fsp3) is 0.0667. The summed E-state index contributed by atoms with van der Waals surface area (Å²) < 4.78 is 5.32. The van der Waals surface area contributed by atoms with Gasteiger partial charge in [0.25, 0.3) is 5.89 Å². The maximum Gasteiger partial charge on any atom is 0.260 e. The highest BCUT2D eigenvalue weighted by molar-refractivity contribution is 5.59. The van der Waals surface area contributed by atoms with E-state index in [0.29, 0.717) is 23.8 Å². The van der Waals surface area contributed by atoms with Crippen molar-refractivity contribution in [2.45, 2.75) is 6.42 Å². The molecular formula is C15H12N4O. The molecule has 0 aliphatic carbocycles. The molecule has 0 aromatic carbocycles. The van der Waals surface area contributed by atoms with Crippen LogP contribution in [0.15, 0.2) is 59.9 Å². The number of aromatic nitrogens is 4. The molecule has 0 aliphatic rings. The van der Waals surface area contributed by atoms with Crippen molar-refractivity contribution in [3.63, 3.8) is 0 Å². The molecule has 0 bridgehead atoms. The van der Waals surface area contributed by atoms with E-state index < -0.39 is 0 Å². The molecule has 20 heavy (non-hydrogen) atoms. The zero-order valence-corrected chi connectivity index (χ0v) is 10.7. The van der Waals surface area contributed by atoms with E-state index in [2.05, 4.69) is 26.7 Å². The van der Waals surface area contributed by atoms with Gasteiger partial charge in [-0.3, -0.25) is 9.97 Å². The summed E-state index contributed by atoms with van der Waals surface area (Å²) in [5, 5.41) is 3.96. The Morgan fingerprint density at radius 3 is 2.80 bits per heavy atom. The molecule has 0 saturated heterocycles. The molecule has 5 nitrogen and oxygen atoms in total. The molecule has 0 aliphatic heterocycles. The second kappa shape index (κ2) is 5.44. The van der Waals surface area contributed by atoms with Crippen LogP contribution in [0, 0.1) is 0 Å². The molecule has 0 spiro atoms. The Balaban J connectivity index is 2.00. The number of allylic oxidation sites excluding steroid dienone is 1. The lowest BCUT2D eigenvalue weighted by Crippen LogP contribution is -1.92. The fourth-order valence-electron chi connectivity index (χ4n) is 1.86. The van der Waals surface area contributed by atoms with Gasteiger partial charge in [-0.05, 0) is 24.3 Å². The van der Waals surface area contributed by atoms with E-state index in [0.717, 1.165) is 11.3 Å². The van der Waals surface area contributed by atoms with E-state index in [1.807, 2.05) is 30.3 Å². The predicted molar refractivity (Wildman–Crippen MR) is 74.7 cm³/mol. The molecule has 0 amide bonds. The number of pyridine rings is 2. The Labute approximate surface area is 116 Å². The zero-order valence-electron chi connectivity index (χ0n) is 10.7. The Hall–Kier alpha value is -2.82. The SMILES string of the molecule is C=CCc1ncccc1-c1nc(-c2ccccn2)no1. The molecule has 0 unspecified atom stereocenters. The second-order valence-corrected chi connectivity index (χ2v) is 4.13. The lowest BCUT2D eigenvalue weighted by Gasteiger charge is -2.00. The summed E-state index contributed by atoms with van der Waals surface area (Å²) in [5.41, 5.74) is 2.36. The van der Waals surface area contributed by atoms with Gasteiger partial charge in [-0.1, -0.05) is 17.3 Å². The van der Waals surface area contributed by atoms with Crippen LogP contribution in [0.4, 0.5) is 0 Å². The average molecular weight is 264 g/mol. The van der Waals surface area contributed by atoms with Crippen molar-refractivity contribution in [2.24, 2.45) is 0 Å². The summed E-state index contributed by atoms with van der Waals surface area (Å²) in [7, 11) is 0. The van der Waals surface area contributed by atoms with Crippen molar-refractivity contribution in [1.82, 2.24) is 20.1 Å². The summed E-state index contributed by atoms with van der Waals surface area (Å²) in [5.74, 6) is 0.907. The van der Waals surface area contributed by atoms with Gasteiger partial charge in [-0.2, -0.15) is 4.98 Å². The molecule has 0 N–H and O–H groups in total. The van der Waals surface area contributed by atoms with E-state index in [9.17, 15) is 0 Å². The topological polar surface area (TPSA) is 64.7 Å². The van der Waals surface area contributed by atoms with Gasteiger partial charge in [0.05, 0.1) is 11.3 Å². The van der Waals surface area contributed by atoms with Crippen molar-refractivity contribution in [3.8, 4) is 23.0 Å². The van der Waals surface area contributed by atoms with Crippen molar-refractivity contribution >= 4 is 0 Å². The van der Waals surface area contributed by atoms with Crippen LogP contribution in [-0.4, -0.2) is 20.1 Å². The van der Waals surface area contributed by atoms with Crippen molar-refractivity contribution < 1.29 is 4.52 Å². The smallest absolute Gasteiger partial charge is 0.260 e. The Kier molecular flexibility index (Phi) is 3.33. The number of rotatable bonds is 4. The third-order valence-electron chi connectivity index (χ3n) is 2.78. The van der Waals surface area contributed by atoms with Gasteiger partial charge in [-0.15, -0.1) is 6.58 Å². The average Bonchev–Trinajstić information content (AvgIpc) is 2.99. The van der Waals surface area contributed by atoms with Gasteiger partial charge in [0.1, 0.15) is 5.69 Å². The second-order valence-electron chi connectivity index (χ2n) is 4.13. The normalized spacial score (nSPS) is 10.4. The summed E-state index contributed by atoms with van der Waals surface area (Å²) in [4.78, 5) is 12.9. The van der Waals surface area contributed by atoms with E-state index in [-0.39, 0.29) is 0 Å². The van der Waals surface area contributed by atoms with Gasteiger partial charge >= 0.3 is 0 Å².